The lowest BCUT2D eigenvalue weighted by atomic mass is 10.1. The van der Waals surface area contributed by atoms with Crippen LogP contribution in [-0.2, 0) is 5.33 Å². The van der Waals surface area contributed by atoms with Gasteiger partial charge in [0.2, 0.25) is 0 Å². The van der Waals surface area contributed by atoms with E-state index in [1.54, 1.807) is 11.3 Å². The summed E-state index contributed by atoms with van der Waals surface area (Å²) in [6, 6.07) is 4.06. The van der Waals surface area contributed by atoms with Crippen LogP contribution < -0.4 is 0 Å². The second-order valence-electron chi connectivity index (χ2n) is 2.62. The number of rotatable bonds is 1. The molecule has 0 saturated heterocycles. The summed E-state index contributed by atoms with van der Waals surface area (Å²) in [7, 11) is 0. The van der Waals surface area contributed by atoms with E-state index in [-0.39, 0.29) is 0 Å². The van der Waals surface area contributed by atoms with E-state index >= 15 is 0 Å². The molecule has 0 aliphatic rings. The van der Waals surface area contributed by atoms with Crippen molar-refractivity contribution < 1.29 is 0 Å². The van der Waals surface area contributed by atoms with Crippen molar-refractivity contribution in [3.8, 4) is 0 Å². The molecule has 13 heavy (non-hydrogen) atoms. The van der Waals surface area contributed by atoms with Gasteiger partial charge in [-0.2, -0.15) is 0 Å². The fourth-order valence-corrected chi connectivity index (χ4v) is 4.13. The molecule has 0 spiro atoms. The Balaban J connectivity index is 2.88. The molecule has 0 atom stereocenters. The fourth-order valence-electron chi connectivity index (χ4n) is 1.26. The molecule has 0 nitrogen and oxygen atoms in total. The van der Waals surface area contributed by atoms with E-state index in [1.165, 1.54) is 15.6 Å². The molecule has 0 amide bonds. The van der Waals surface area contributed by atoms with Crippen LogP contribution in [0.5, 0.6) is 0 Å². The predicted octanol–water partition coefficient (Wildman–Crippen LogP) is 5.21. The van der Waals surface area contributed by atoms with Gasteiger partial charge in [0.05, 0.1) is 9.72 Å². The zero-order valence-corrected chi connectivity index (χ0v) is 11.2. The Morgan fingerprint density at radius 3 is 2.92 bits per heavy atom. The van der Waals surface area contributed by atoms with Crippen molar-refractivity contribution >= 4 is 64.9 Å². The zero-order valence-electron chi connectivity index (χ0n) is 6.48. The van der Waals surface area contributed by atoms with E-state index in [2.05, 4.69) is 43.3 Å². The predicted molar refractivity (Wildman–Crippen MR) is 67.2 cm³/mol. The largest absolute Gasteiger partial charge is 0.142 e. The molecule has 0 aliphatic heterocycles. The van der Waals surface area contributed by atoms with Gasteiger partial charge in [-0.1, -0.05) is 43.5 Å². The molecule has 0 radical (unpaired) electrons. The standard InChI is InChI=1S/C9H5Br2ClS/c10-4-6-5-1-2-13-9(5)8(12)3-7(6)11/h1-3H,4H2. The summed E-state index contributed by atoms with van der Waals surface area (Å²) in [4.78, 5) is 0. The van der Waals surface area contributed by atoms with Crippen LogP contribution in [0.3, 0.4) is 0 Å². The van der Waals surface area contributed by atoms with Crippen molar-refractivity contribution in [2.75, 3.05) is 0 Å². The van der Waals surface area contributed by atoms with Crippen molar-refractivity contribution in [1.29, 1.82) is 0 Å². The number of alkyl halides is 1. The zero-order chi connectivity index (χ0) is 9.42. The highest BCUT2D eigenvalue weighted by atomic mass is 79.9. The van der Waals surface area contributed by atoms with E-state index in [0.717, 1.165) is 14.8 Å². The molecule has 0 fully saturated rings. The van der Waals surface area contributed by atoms with Crippen LogP contribution in [0.2, 0.25) is 5.02 Å². The Kier molecular flexibility index (Phi) is 2.98. The molecule has 1 aromatic heterocycles. The minimum absolute atomic E-state index is 0.821. The van der Waals surface area contributed by atoms with E-state index in [1.807, 2.05) is 6.07 Å². The summed E-state index contributed by atoms with van der Waals surface area (Å²) >= 11 is 14.7. The molecule has 2 aromatic rings. The monoisotopic (exact) mass is 338 g/mol. The lowest BCUT2D eigenvalue weighted by molar-refractivity contribution is 1.46. The fraction of sp³-hybridized carbons (Fsp3) is 0.111. The van der Waals surface area contributed by atoms with Crippen molar-refractivity contribution in [1.82, 2.24) is 0 Å². The van der Waals surface area contributed by atoms with Crippen LogP contribution in [0, 0.1) is 0 Å². The van der Waals surface area contributed by atoms with E-state index < -0.39 is 0 Å². The van der Waals surface area contributed by atoms with E-state index in [9.17, 15) is 0 Å². The molecular weight excluding hydrogens is 335 g/mol. The van der Waals surface area contributed by atoms with E-state index in [0.29, 0.717) is 0 Å². The highest BCUT2D eigenvalue weighted by Gasteiger charge is 2.09. The number of hydrogen-bond donors (Lipinski definition) is 0. The van der Waals surface area contributed by atoms with Crippen LogP contribution in [-0.4, -0.2) is 0 Å². The molecule has 0 aliphatic carbocycles. The third-order valence-corrected chi connectivity index (χ3v) is 4.51. The maximum Gasteiger partial charge on any atom is 0.0595 e. The Morgan fingerprint density at radius 2 is 2.23 bits per heavy atom. The molecule has 2 rings (SSSR count). The van der Waals surface area contributed by atoms with E-state index in [4.69, 9.17) is 11.6 Å². The summed E-state index contributed by atoms with van der Waals surface area (Å²) < 4.78 is 2.24. The topological polar surface area (TPSA) is 0 Å². The molecule has 1 aromatic carbocycles. The van der Waals surface area contributed by atoms with Crippen LogP contribution in [0.4, 0.5) is 0 Å². The SMILES string of the molecule is Clc1cc(Br)c(CBr)c2ccsc12. The minimum atomic E-state index is 0.821. The lowest BCUT2D eigenvalue weighted by Crippen LogP contribution is -1.81. The number of thiophene rings is 1. The molecule has 4 heteroatoms. The van der Waals surface area contributed by atoms with Gasteiger partial charge >= 0.3 is 0 Å². The van der Waals surface area contributed by atoms with Gasteiger partial charge < -0.3 is 0 Å². The highest BCUT2D eigenvalue weighted by molar-refractivity contribution is 9.10. The summed E-state index contributed by atoms with van der Waals surface area (Å²) in [5.74, 6) is 0. The second kappa shape index (κ2) is 3.89. The number of benzene rings is 1. The van der Waals surface area contributed by atoms with Crippen molar-refractivity contribution in [3.05, 3.63) is 32.6 Å². The van der Waals surface area contributed by atoms with Crippen LogP contribution in [0.15, 0.2) is 22.0 Å². The summed E-state index contributed by atoms with van der Waals surface area (Å²) in [5.41, 5.74) is 1.26. The van der Waals surface area contributed by atoms with Gasteiger partial charge in [0.25, 0.3) is 0 Å². The van der Waals surface area contributed by atoms with Crippen LogP contribution >= 0.6 is 54.8 Å². The third kappa shape index (κ3) is 1.67. The van der Waals surface area contributed by atoms with Crippen molar-refractivity contribution in [2.45, 2.75) is 5.33 Å². The van der Waals surface area contributed by atoms with Gasteiger partial charge in [0, 0.05) is 9.80 Å². The lowest BCUT2D eigenvalue weighted by Gasteiger charge is -2.03. The van der Waals surface area contributed by atoms with Gasteiger partial charge in [-0.3, -0.25) is 0 Å². The smallest absolute Gasteiger partial charge is 0.0595 e. The Morgan fingerprint density at radius 1 is 1.46 bits per heavy atom. The molecule has 0 unspecified atom stereocenters. The Bertz CT molecular complexity index is 450. The molecule has 0 saturated carbocycles. The summed E-state index contributed by atoms with van der Waals surface area (Å²) in [6.07, 6.45) is 0. The number of halogens is 3. The molecule has 68 valence electrons. The number of hydrogen-bond acceptors (Lipinski definition) is 1. The summed E-state index contributed by atoms with van der Waals surface area (Å²) in [5, 5.41) is 4.97. The Labute approximate surface area is 102 Å². The minimum Gasteiger partial charge on any atom is -0.142 e. The molecular formula is C9H5Br2ClS. The number of fused-ring (bicyclic) bond motifs is 1. The van der Waals surface area contributed by atoms with Gasteiger partial charge in [-0.25, -0.2) is 0 Å². The highest BCUT2D eigenvalue weighted by Crippen LogP contribution is 2.36. The van der Waals surface area contributed by atoms with Gasteiger partial charge in [-0.15, -0.1) is 11.3 Å². The first-order chi connectivity index (χ1) is 6.24. The summed E-state index contributed by atoms with van der Waals surface area (Å²) in [6.45, 7) is 0. The maximum atomic E-state index is 6.10. The average molecular weight is 340 g/mol. The first-order valence-corrected chi connectivity index (χ1v) is 6.81. The van der Waals surface area contributed by atoms with Crippen molar-refractivity contribution in [2.24, 2.45) is 0 Å². The Hall–Kier alpha value is 0.430. The maximum absolute atomic E-state index is 6.10. The average Bonchev–Trinajstić information content (AvgIpc) is 2.53. The van der Waals surface area contributed by atoms with Gasteiger partial charge in [0.15, 0.2) is 0 Å². The van der Waals surface area contributed by atoms with Gasteiger partial charge in [-0.05, 0) is 28.5 Å². The molecule has 0 bridgehead atoms. The quantitative estimate of drug-likeness (QED) is 0.625. The first kappa shape index (κ1) is 9.97. The third-order valence-electron chi connectivity index (χ3n) is 1.88. The van der Waals surface area contributed by atoms with Crippen molar-refractivity contribution in [3.63, 3.8) is 0 Å². The molecule has 0 N–H and O–H groups in total. The van der Waals surface area contributed by atoms with Gasteiger partial charge in [0.1, 0.15) is 0 Å². The molecule has 1 heterocycles. The second-order valence-corrected chi connectivity index (χ2v) is 5.35. The normalized spacial score (nSPS) is 11.0. The van der Waals surface area contributed by atoms with Crippen LogP contribution in [0.25, 0.3) is 10.1 Å². The van der Waals surface area contributed by atoms with Crippen LogP contribution in [0.1, 0.15) is 5.56 Å². The first-order valence-electron chi connectivity index (χ1n) is 3.64.